The van der Waals surface area contributed by atoms with E-state index in [2.05, 4.69) is 25.9 Å². The highest BCUT2D eigenvalue weighted by Crippen LogP contribution is 2.16. The molecule has 0 atom stereocenters. The molecule has 21 heavy (non-hydrogen) atoms. The Labute approximate surface area is 127 Å². The van der Waals surface area contributed by atoms with Crippen LogP contribution in [0.3, 0.4) is 0 Å². The zero-order chi connectivity index (χ0) is 15.2. The molecular weight excluding hydrogens is 292 g/mol. The molecule has 2 heterocycles. The Kier molecular flexibility index (Phi) is 5.13. The van der Waals surface area contributed by atoms with Gasteiger partial charge in [-0.1, -0.05) is 11.6 Å². The van der Waals surface area contributed by atoms with Crippen molar-refractivity contribution in [1.82, 2.24) is 20.5 Å². The van der Waals surface area contributed by atoms with Crippen LogP contribution in [0, 0.1) is 6.92 Å². The van der Waals surface area contributed by atoms with Crippen molar-refractivity contribution in [3.05, 3.63) is 40.3 Å². The average Bonchev–Trinajstić information content (AvgIpc) is 2.89. The second-order valence-electron chi connectivity index (χ2n) is 4.55. The number of carbonyl (C=O) groups is 1. The number of hydrogen-bond acceptors (Lipinski definition) is 5. The zero-order valence-electron chi connectivity index (χ0n) is 11.6. The van der Waals surface area contributed by atoms with E-state index in [0.717, 1.165) is 24.1 Å². The molecule has 0 fully saturated rings. The monoisotopic (exact) mass is 308 g/mol. The molecule has 0 spiro atoms. The quantitative estimate of drug-likeness (QED) is 0.366. The molecule has 2 aromatic rings. The van der Waals surface area contributed by atoms with Gasteiger partial charge < -0.3 is 10.7 Å². The number of nitrogen functional groups attached to an aromatic ring is 1. The smallest absolute Gasteiger partial charge is 0.271 e. The standard InChI is InChI=1S/C13H17ClN6O/c1-8-9(7-17-20-8)3-2-6-16-13(21)12-10(14)4-5-11(18-12)19-15/h4-5,7H,2-3,6,15H2,1H3,(H,16,21)(H,17,20)(H,18,19). The minimum atomic E-state index is -0.319. The van der Waals surface area contributed by atoms with E-state index in [0.29, 0.717) is 12.4 Å². The Morgan fingerprint density at radius 1 is 1.48 bits per heavy atom. The predicted molar refractivity (Wildman–Crippen MR) is 81.0 cm³/mol. The van der Waals surface area contributed by atoms with E-state index in [9.17, 15) is 4.79 Å². The van der Waals surface area contributed by atoms with Gasteiger partial charge in [0.25, 0.3) is 5.91 Å². The van der Waals surface area contributed by atoms with Crippen LogP contribution in [0.15, 0.2) is 18.3 Å². The first-order valence-corrected chi connectivity index (χ1v) is 6.90. The molecule has 0 unspecified atom stereocenters. The zero-order valence-corrected chi connectivity index (χ0v) is 12.4. The third-order valence-electron chi connectivity index (χ3n) is 3.05. The first-order valence-electron chi connectivity index (χ1n) is 6.52. The van der Waals surface area contributed by atoms with Gasteiger partial charge >= 0.3 is 0 Å². The lowest BCUT2D eigenvalue weighted by molar-refractivity contribution is 0.0948. The van der Waals surface area contributed by atoms with Gasteiger partial charge in [-0.3, -0.25) is 9.89 Å². The Balaban J connectivity index is 1.86. The molecule has 0 aliphatic heterocycles. The third-order valence-corrected chi connectivity index (χ3v) is 3.36. The number of nitrogens with zero attached hydrogens (tertiary/aromatic N) is 2. The number of anilines is 1. The van der Waals surface area contributed by atoms with E-state index < -0.39 is 0 Å². The summed E-state index contributed by atoms with van der Waals surface area (Å²) in [6, 6.07) is 3.17. The fraction of sp³-hybridized carbons (Fsp3) is 0.308. The SMILES string of the molecule is Cc1[nH]ncc1CCCNC(=O)c1nc(NN)ccc1Cl. The Morgan fingerprint density at radius 2 is 2.29 bits per heavy atom. The fourth-order valence-corrected chi connectivity index (χ4v) is 2.07. The molecular formula is C13H17ClN6O. The van der Waals surface area contributed by atoms with E-state index in [-0.39, 0.29) is 16.6 Å². The molecule has 112 valence electrons. The molecule has 0 bridgehead atoms. The van der Waals surface area contributed by atoms with Crippen LogP contribution in [0.5, 0.6) is 0 Å². The first kappa shape index (κ1) is 15.3. The Morgan fingerprint density at radius 3 is 2.95 bits per heavy atom. The molecule has 2 rings (SSSR count). The van der Waals surface area contributed by atoms with Crippen molar-refractivity contribution < 1.29 is 4.79 Å². The minimum Gasteiger partial charge on any atom is -0.351 e. The number of pyridine rings is 1. The van der Waals surface area contributed by atoms with Gasteiger partial charge in [0.05, 0.1) is 11.2 Å². The van der Waals surface area contributed by atoms with Gasteiger partial charge in [-0.25, -0.2) is 10.8 Å². The molecule has 5 N–H and O–H groups in total. The molecule has 8 heteroatoms. The second kappa shape index (κ2) is 7.05. The average molecular weight is 309 g/mol. The van der Waals surface area contributed by atoms with Crippen molar-refractivity contribution in [2.24, 2.45) is 5.84 Å². The van der Waals surface area contributed by atoms with Crippen LogP contribution in [0.25, 0.3) is 0 Å². The van der Waals surface area contributed by atoms with Crippen molar-refractivity contribution in [3.8, 4) is 0 Å². The van der Waals surface area contributed by atoms with Crippen molar-refractivity contribution in [2.45, 2.75) is 19.8 Å². The van der Waals surface area contributed by atoms with E-state index in [4.69, 9.17) is 17.4 Å². The number of amides is 1. The maximum absolute atomic E-state index is 12.0. The number of carbonyl (C=O) groups excluding carboxylic acids is 1. The Hall–Kier alpha value is -2.12. The second-order valence-corrected chi connectivity index (χ2v) is 4.96. The summed E-state index contributed by atoms with van der Waals surface area (Å²) in [4.78, 5) is 16.1. The Bertz CT molecular complexity index is 627. The van der Waals surface area contributed by atoms with Crippen LogP contribution in [0.1, 0.15) is 28.2 Å². The summed E-state index contributed by atoms with van der Waals surface area (Å²) in [7, 11) is 0. The third kappa shape index (κ3) is 3.93. The maximum atomic E-state index is 12.0. The van der Waals surface area contributed by atoms with Gasteiger partial charge in [-0.2, -0.15) is 5.10 Å². The molecule has 0 saturated carbocycles. The number of hydrogen-bond donors (Lipinski definition) is 4. The lowest BCUT2D eigenvalue weighted by atomic mass is 10.1. The molecule has 2 aromatic heterocycles. The number of nitrogens with one attached hydrogen (secondary N) is 3. The van der Waals surface area contributed by atoms with Crippen LogP contribution >= 0.6 is 11.6 Å². The topological polar surface area (TPSA) is 109 Å². The minimum absolute atomic E-state index is 0.159. The van der Waals surface area contributed by atoms with Crippen LogP contribution in [-0.2, 0) is 6.42 Å². The normalized spacial score (nSPS) is 10.4. The number of aromatic amines is 1. The van der Waals surface area contributed by atoms with Gasteiger partial charge in [0.1, 0.15) is 11.5 Å². The van der Waals surface area contributed by atoms with E-state index >= 15 is 0 Å². The first-order chi connectivity index (χ1) is 10.1. The van der Waals surface area contributed by atoms with Gasteiger partial charge in [0, 0.05) is 12.2 Å². The number of nitrogens with two attached hydrogens (primary N) is 1. The van der Waals surface area contributed by atoms with Crippen molar-refractivity contribution in [1.29, 1.82) is 0 Å². The summed E-state index contributed by atoms with van der Waals surface area (Å²) >= 11 is 5.96. The summed E-state index contributed by atoms with van der Waals surface area (Å²) in [6.07, 6.45) is 3.44. The molecule has 0 aliphatic carbocycles. The lowest BCUT2D eigenvalue weighted by Gasteiger charge is -2.07. The summed E-state index contributed by atoms with van der Waals surface area (Å²) in [6.45, 7) is 2.50. The summed E-state index contributed by atoms with van der Waals surface area (Å²) in [5, 5.41) is 9.91. The highest BCUT2D eigenvalue weighted by molar-refractivity contribution is 6.33. The number of H-pyrrole nitrogens is 1. The summed E-state index contributed by atoms with van der Waals surface area (Å²) in [5.41, 5.74) is 4.74. The molecule has 0 saturated heterocycles. The van der Waals surface area contributed by atoms with Crippen LogP contribution in [-0.4, -0.2) is 27.6 Å². The summed E-state index contributed by atoms with van der Waals surface area (Å²) < 4.78 is 0. The van der Waals surface area contributed by atoms with Gasteiger partial charge in [-0.05, 0) is 37.5 Å². The molecule has 0 radical (unpaired) electrons. The van der Waals surface area contributed by atoms with E-state index in [1.165, 1.54) is 0 Å². The number of aryl methyl sites for hydroxylation is 2. The molecule has 7 nitrogen and oxygen atoms in total. The van der Waals surface area contributed by atoms with E-state index in [1.54, 1.807) is 18.3 Å². The lowest BCUT2D eigenvalue weighted by Crippen LogP contribution is -2.26. The molecule has 0 aromatic carbocycles. The molecule has 0 aliphatic rings. The number of rotatable bonds is 6. The van der Waals surface area contributed by atoms with Crippen LogP contribution in [0.2, 0.25) is 5.02 Å². The fourth-order valence-electron chi connectivity index (χ4n) is 1.87. The van der Waals surface area contributed by atoms with Crippen molar-refractivity contribution in [3.63, 3.8) is 0 Å². The maximum Gasteiger partial charge on any atom is 0.271 e. The van der Waals surface area contributed by atoms with Crippen LogP contribution in [0.4, 0.5) is 5.82 Å². The highest BCUT2D eigenvalue weighted by Gasteiger charge is 2.12. The van der Waals surface area contributed by atoms with Gasteiger partial charge in [-0.15, -0.1) is 0 Å². The van der Waals surface area contributed by atoms with Gasteiger partial charge in [0.2, 0.25) is 0 Å². The molecule has 1 amide bonds. The van der Waals surface area contributed by atoms with Crippen molar-refractivity contribution in [2.75, 3.05) is 12.0 Å². The number of halogens is 1. The van der Waals surface area contributed by atoms with Gasteiger partial charge in [0.15, 0.2) is 0 Å². The highest BCUT2D eigenvalue weighted by atomic mass is 35.5. The van der Waals surface area contributed by atoms with E-state index in [1.807, 2.05) is 6.92 Å². The van der Waals surface area contributed by atoms with Crippen LogP contribution < -0.4 is 16.6 Å². The summed E-state index contributed by atoms with van der Waals surface area (Å²) in [5.74, 6) is 5.33. The number of hydrazine groups is 1. The largest absolute Gasteiger partial charge is 0.351 e. The predicted octanol–water partition coefficient (Wildman–Crippen LogP) is 1.41. The number of aromatic nitrogens is 3. The van der Waals surface area contributed by atoms with Crippen molar-refractivity contribution >= 4 is 23.3 Å².